The highest BCUT2D eigenvalue weighted by atomic mass is 32.2. The van der Waals surface area contributed by atoms with Gasteiger partial charge in [-0.25, -0.2) is 0 Å². The summed E-state index contributed by atoms with van der Waals surface area (Å²) in [7, 11) is 1.54. The number of ether oxygens (including phenoxy) is 1. The molecule has 1 aromatic rings. The predicted octanol–water partition coefficient (Wildman–Crippen LogP) is -0.624. The average molecular weight is 316 g/mol. The van der Waals surface area contributed by atoms with Gasteiger partial charge in [-0.3, -0.25) is 0 Å². The largest absolute Gasteiger partial charge is 0.467 e. The van der Waals surface area contributed by atoms with Gasteiger partial charge in [0.05, 0.1) is 13.7 Å². The molecule has 2 heterocycles. The fraction of sp³-hybridized carbons (Fsp3) is 0.727. The number of aromatic nitrogens is 3. The highest BCUT2D eigenvalue weighted by Gasteiger charge is 2.25. The Labute approximate surface area is 124 Å². The molecule has 1 aliphatic heterocycles. The maximum atomic E-state index is 12.1. The zero-order valence-electron chi connectivity index (χ0n) is 12.4. The van der Waals surface area contributed by atoms with Crippen LogP contribution in [0.4, 0.5) is 5.95 Å². The molecule has 1 aliphatic rings. The molecule has 118 valence electrons. The van der Waals surface area contributed by atoms with Gasteiger partial charge in [0.1, 0.15) is 0 Å². The van der Waals surface area contributed by atoms with Crippen molar-refractivity contribution < 1.29 is 13.2 Å². The van der Waals surface area contributed by atoms with Crippen LogP contribution in [0.2, 0.25) is 0 Å². The molecule has 0 spiro atoms. The van der Waals surface area contributed by atoms with Gasteiger partial charge in [-0.2, -0.15) is 32.4 Å². The summed E-state index contributed by atoms with van der Waals surface area (Å²) < 4.78 is 33.1. The zero-order valence-corrected chi connectivity index (χ0v) is 13.2. The minimum atomic E-state index is -3.48. The van der Waals surface area contributed by atoms with E-state index in [-0.39, 0.29) is 12.6 Å². The number of anilines is 1. The summed E-state index contributed by atoms with van der Waals surface area (Å²) in [6.45, 7) is 1.11. The van der Waals surface area contributed by atoms with Crippen molar-refractivity contribution in [3.8, 4) is 6.01 Å². The van der Waals surface area contributed by atoms with E-state index in [0.717, 1.165) is 12.8 Å². The van der Waals surface area contributed by atoms with Crippen molar-refractivity contribution in [1.29, 1.82) is 0 Å². The quantitative estimate of drug-likeness (QED) is 0.746. The molecule has 0 aliphatic carbocycles. The minimum absolute atomic E-state index is 0.00144. The smallest absolute Gasteiger partial charge is 0.321 e. The highest BCUT2D eigenvalue weighted by Crippen LogP contribution is 2.13. The van der Waals surface area contributed by atoms with Gasteiger partial charge in [0.2, 0.25) is 5.95 Å². The maximum absolute atomic E-state index is 12.1. The molecule has 0 atom stereocenters. The average Bonchev–Trinajstić information content (AvgIpc) is 3.00. The van der Waals surface area contributed by atoms with Crippen molar-refractivity contribution in [2.45, 2.75) is 19.4 Å². The number of rotatable bonds is 6. The lowest BCUT2D eigenvalue weighted by Crippen LogP contribution is -2.38. The lowest BCUT2D eigenvalue weighted by atomic mass is 10.4. The van der Waals surface area contributed by atoms with Crippen LogP contribution in [0.25, 0.3) is 0 Å². The Balaban J connectivity index is 2.10. The first kappa shape index (κ1) is 15.9. The summed E-state index contributed by atoms with van der Waals surface area (Å²) in [5, 5.41) is 0. The molecule has 0 saturated carbocycles. The van der Waals surface area contributed by atoms with Gasteiger partial charge in [-0.05, 0) is 12.8 Å². The van der Waals surface area contributed by atoms with Crippen LogP contribution >= 0.6 is 0 Å². The standard InChI is InChI=1S/C11H20N6O3S/c1-16(2)10-13-9(14-11(15-10)20-3)8-12-21(18,19)17-6-4-5-7-17/h12H,4-8H2,1-3H3. The Morgan fingerprint density at radius 2 is 1.90 bits per heavy atom. The summed E-state index contributed by atoms with van der Waals surface area (Å²) in [4.78, 5) is 14.0. The molecule has 2 rings (SSSR count). The lowest BCUT2D eigenvalue weighted by molar-refractivity contribution is 0.375. The van der Waals surface area contributed by atoms with Crippen molar-refractivity contribution in [2.24, 2.45) is 0 Å². The van der Waals surface area contributed by atoms with E-state index in [1.54, 1.807) is 19.0 Å². The first-order valence-corrected chi connectivity index (χ1v) is 8.07. The Morgan fingerprint density at radius 3 is 2.48 bits per heavy atom. The van der Waals surface area contributed by atoms with Crippen molar-refractivity contribution in [1.82, 2.24) is 24.0 Å². The van der Waals surface area contributed by atoms with Gasteiger partial charge >= 0.3 is 6.01 Å². The minimum Gasteiger partial charge on any atom is -0.467 e. The molecule has 1 saturated heterocycles. The molecule has 0 aromatic carbocycles. The second-order valence-electron chi connectivity index (χ2n) is 4.87. The predicted molar refractivity (Wildman–Crippen MR) is 77.3 cm³/mol. The summed E-state index contributed by atoms with van der Waals surface area (Å²) in [6, 6.07) is 0.157. The van der Waals surface area contributed by atoms with Crippen LogP contribution in [0.15, 0.2) is 0 Å². The van der Waals surface area contributed by atoms with Crippen LogP contribution in [0, 0.1) is 0 Å². The number of hydrogen-bond donors (Lipinski definition) is 1. The summed E-state index contributed by atoms with van der Waals surface area (Å²) in [6.07, 6.45) is 1.79. The molecule has 1 aromatic heterocycles. The van der Waals surface area contributed by atoms with E-state index in [2.05, 4.69) is 19.7 Å². The fourth-order valence-electron chi connectivity index (χ4n) is 1.93. The van der Waals surface area contributed by atoms with Crippen LogP contribution in [0.1, 0.15) is 18.7 Å². The monoisotopic (exact) mass is 316 g/mol. The fourth-order valence-corrected chi connectivity index (χ4v) is 3.17. The first-order valence-electron chi connectivity index (χ1n) is 6.63. The first-order chi connectivity index (χ1) is 9.92. The van der Waals surface area contributed by atoms with Crippen molar-refractivity contribution >= 4 is 16.2 Å². The van der Waals surface area contributed by atoms with Gasteiger partial charge in [-0.1, -0.05) is 0 Å². The molecule has 0 radical (unpaired) electrons. The molecular formula is C11H20N6O3S. The topological polar surface area (TPSA) is 101 Å². The van der Waals surface area contributed by atoms with Crippen LogP contribution in [-0.4, -0.2) is 62.0 Å². The number of nitrogens with zero attached hydrogens (tertiary/aromatic N) is 5. The van der Waals surface area contributed by atoms with Crippen LogP contribution in [0.3, 0.4) is 0 Å². The normalized spacial score (nSPS) is 16.1. The van der Waals surface area contributed by atoms with E-state index < -0.39 is 10.2 Å². The molecule has 9 nitrogen and oxygen atoms in total. The Kier molecular flexibility index (Phi) is 4.91. The third kappa shape index (κ3) is 3.99. The number of methoxy groups -OCH3 is 1. The third-order valence-electron chi connectivity index (χ3n) is 3.05. The maximum Gasteiger partial charge on any atom is 0.321 e. The highest BCUT2D eigenvalue weighted by molar-refractivity contribution is 7.87. The molecule has 0 amide bonds. The van der Waals surface area contributed by atoms with Crippen LogP contribution in [0.5, 0.6) is 6.01 Å². The van der Waals surface area contributed by atoms with Crippen molar-refractivity contribution in [2.75, 3.05) is 39.2 Å². The van der Waals surface area contributed by atoms with E-state index in [0.29, 0.717) is 24.9 Å². The Bertz CT molecular complexity index is 586. The Hall–Kier alpha value is -1.52. The molecule has 10 heteroatoms. The summed E-state index contributed by atoms with van der Waals surface area (Å²) in [5.74, 6) is 0.727. The molecule has 1 N–H and O–H groups in total. The molecular weight excluding hydrogens is 296 g/mol. The van der Waals surface area contributed by atoms with Crippen molar-refractivity contribution in [3.05, 3.63) is 5.82 Å². The van der Waals surface area contributed by atoms with E-state index >= 15 is 0 Å². The van der Waals surface area contributed by atoms with E-state index in [4.69, 9.17) is 4.74 Å². The van der Waals surface area contributed by atoms with E-state index in [1.807, 2.05) is 0 Å². The third-order valence-corrected chi connectivity index (χ3v) is 4.60. The zero-order chi connectivity index (χ0) is 15.5. The van der Waals surface area contributed by atoms with Gasteiger partial charge in [0, 0.05) is 27.2 Å². The summed E-state index contributed by atoms with van der Waals surface area (Å²) in [5.41, 5.74) is 0. The molecule has 0 unspecified atom stereocenters. The van der Waals surface area contributed by atoms with Gasteiger partial charge < -0.3 is 9.64 Å². The molecule has 0 bridgehead atoms. The van der Waals surface area contributed by atoms with Crippen LogP contribution in [-0.2, 0) is 16.8 Å². The van der Waals surface area contributed by atoms with Crippen LogP contribution < -0.4 is 14.4 Å². The van der Waals surface area contributed by atoms with Gasteiger partial charge in [-0.15, -0.1) is 0 Å². The van der Waals surface area contributed by atoms with Gasteiger partial charge in [0.15, 0.2) is 5.82 Å². The van der Waals surface area contributed by atoms with E-state index in [1.165, 1.54) is 11.4 Å². The number of hydrogen-bond acceptors (Lipinski definition) is 7. The lowest BCUT2D eigenvalue weighted by Gasteiger charge is -2.16. The van der Waals surface area contributed by atoms with Gasteiger partial charge in [0.25, 0.3) is 10.2 Å². The molecule has 21 heavy (non-hydrogen) atoms. The number of nitrogens with one attached hydrogen (secondary N) is 1. The second-order valence-corrected chi connectivity index (χ2v) is 6.62. The van der Waals surface area contributed by atoms with E-state index in [9.17, 15) is 8.42 Å². The summed E-state index contributed by atoms with van der Waals surface area (Å²) >= 11 is 0. The SMILES string of the molecule is COc1nc(CNS(=O)(=O)N2CCCC2)nc(N(C)C)n1. The second kappa shape index (κ2) is 6.50. The molecule has 1 fully saturated rings. The Morgan fingerprint density at radius 1 is 1.24 bits per heavy atom. The van der Waals surface area contributed by atoms with Crippen molar-refractivity contribution in [3.63, 3.8) is 0 Å².